The van der Waals surface area contributed by atoms with Gasteiger partial charge in [0.2, 0.25) is 0 Å². The molecule has 1 amide bonds. The molecule has 2 rings (SSSR count). The van der Waals surface area contributed by atoms with E-state index in [1.54, 1.807) is 0 Å². The van der Waals surface area contributed by atoms with Crippen molar-refractivity contribution >= 4 is 5.91 Å². The Balaban J connectivity index is 2.28. The highest BCUT2D eigenvalue weighted by atomic mass is 16.3. The molecule has 22 heavy (non-hydrogen) atoms. The van der Waals surface area contributed by atoms with Gasteiger partial charge in [-0.05, 0) is 25.0 Å². The zero-order valence-corrected chi connectivity index (χ0v) is 12.7. The third kappa shape index (κ3) is 2.89. The molecule has 1 heterocycles. The first-order chi connectivity index (χ1) is 10.4. The van der Waals surface area contributed by atoms with Gasteiger partial charge in [0, 0.05) is 18.5 Å². The molecule has 2 atom stereocenters. The summed E-state index contributed by atoms with van der Waals surface area (Å²) in [5, 5.41) is 39.6. The Morgan fingerprint density at radius 1 is 1.36 bits per heavy atom. The lowest BCUT2D eigenvalue weighted by Crippen LogP contribution is -2.55. The third-order valence-corrected chi connectivity index (χ3v) is 4.47. The molecule has 1 aliphatic rings. The maximum Gasteiger partial charge on any atom is 0.261 e. The topological polar surface area (TPSA) is 101 Å². The second-order valence-electron chi connectivity index (χ2n) is 5.97. The zero-order chi connectivity index (χ0) is 16.3. The molecule has 1 aromatic carbocycles. The minimum Gasteiger partial charge on any atom is -0.507 e. The van der Waals surface area contributed by atoms with E-state index in [1.165, 1.54) is 23.1 Å². The van der Waals surface area contributed by atoms with Crippen molar-refractivity contribution < 1.29 is 25.2 Å². The number of likely N-dealkylation sites (tertiary alicyclic amines) is 1. The number of aliphatic hydroxyl groups excluding tert-OH is 2. The third-order valence-electron chi connectivity index (χ3n) is 4.47. The molecular formula is C16H23NO5. The molecule has 0 aromatic heterocycles. The van der Waals surface area contributed by atoms with Crippen molar-refractivity contribution in [2.24, 2.45) is 5.41 Å². The molecule has 1 saturated heterocycles. The van der Waals surface area contributed by atoms with E-state index < -0.39 is 17.4 Å². The van der Waals surface area contributed by atoms with E-state index in [0.717, 1.165) is 6.42 Å². The van der Waals surface area contributed by atoms with E-state index in [0.29, 0.717) is 19.4 Å². The van der Waals surface area contributed by atoms with Gasteiger partial charge in [-0.15, -0.1) is 0 Å². The fraction of sp³-hybridized carbons (Fsp3) is 0.562. The first-order valence-corrected chi connectivity index (χ1v) is 7.54. The first kappa shape index (κ1) is 16.6. The molecule has 1 aliphatic heterocycles. The minimum atomic E-state index is -0.747. The Hall–Kier alpha value is -1.79. The molecule has 4 N–H and O–H groups in total. The van der Waals surface area contributed by atoms with Gasteiger partial charge < -0.3 is 25.3 Å². The van der Waals surface area contributed by atoms with Gasteiger partial charge in [0.15, 0.2) is 0 Å². The summed E-state index contributed by atoms with van der Waals surface area (Å²) < 4.78 is 0. The van der Waals surface area contributed by atoms with E-state index in [4.69, 9.17) is 0 Å². The number of rotatable bonds is 4. The number of benzene rings is 1. The summed E-state index contributed by atoms with van der Waals surface area (Å²) in [4.78, 5) is 14.1. The van der Waals surface area contributed by atoms with E-state index in [9.17, 15) is 25.2 Å². The van der Waals surface area contributed by atoms with Crippen LogP contribution in [-0.4, -0.2) is 57.0 Å². The lowest BCUT2D eigenvalue weighted by Gasteiger charge is -2.45. The highest BCUT2D eigenvalue weighted by molar-refractivity contribution is 5.99. The van der Waals surface area contributed by atoms with Crippen LogP contribution in [0.4, 0.5) is 0 Å². The summed E-state index contributed by atoms with van der Waals surface area (Å²) in [6, 6.07) is 4.14. The van der Waals surface area contributed by atoms with Crippen LogP contribution in [0.15, 0.2) is 18.2 Å². The Morgan fingerprint density at radius 2 is 2.00 bits per heavy atom. The van der Waals surface area contributed by atoms with Crippen LogP contribution in [0.3, 0.4) is 0 Å². The zero-order valence-electron chi connectivity index (χ0n) is 12.7. The fourth-order valence-electron chi connectivity index (χ4n) is 3.21. The standard InChI is InChI=1S/C16H23NO5/c1-2-7-16(10-18)9-17(8-6-13(16)21)15(22)14-11(19)4-3-5-12(14)20/h3-5,13,18-21H,2,6-10H2,1H3/t13-,16+/m1/s1. The number of carbonyl (C=O) groups is 1. The number of phenols is 2. The maximum absolute atomic E-state index is 12.6. The Morgan fingerprint density at radius 3 is 2.55 bits per heavy atom. The molecule has 6 heteroatoms. The van der Waals surface area contributed by atoms with Gasteiger partial charge in [0.25, 0.3) is 5.91 Å². The highest BCUT2D eigenvalue weighted by Crippen LogP contribution is 2.36. The van der Waals surface area contributed by atoms with Gasteiger partial charge in [-0.1, -0.05) is 19.4 Å². The number of piperidine rings is 1. The molecule has 1 fully saturated rings. The Kier molecular flexibility index (Phi) is 4.93. The Bertz CT molecular complexity index is 527. The highest BCUT2D eigenvalue weighted by Gasteiger charge is 2.43. The van der Waals surface area contributed by atoms with Crippen LogP contribution in [0.5, 0.6) is 11.5 Å². The largest absolute Gasteiger partial charge is 0.507 e. The van der Waals surface area contributed by atoms with E-state index in [2.05, 4.69) is 0 Å². The van der Waals surface area contributed by atoms with Gasteiger partial charge in [0.1, 0.15) is 17.1 Å². The smallest absolute Gasteiger partial charge is 0.261 e. The lowest BCUT2D eigenvalue weighted by atomic mass is 9.74. The molecule has 0 radical (unpaired) electrons. The van der Waals surface area contributed by atoms with Crippen molar-refractivity contribution in [2.45, 2.75) is 32.3 Å². The summed E-state index contributed by atoms with van der Waals surface area (Å²) in [6.07, 6.45) is 1.07. The van der Waals surface area contributed by atoms with Gasteiger partial charge in [-0.3, -0.25) is 4.79 Å². The second-order valence-corrected chi connectivity index (χ2v) is 5.97. The number of hydrogen-bond donors (Lipinski definition) is 4. The molecule has 6 nitrogen and oxygen atoms in total. The first-order valence-electron chi connectivity index (χ1n) is 7.54. The molecule has 0 saturated carbocycles. The van der Waals surface area contributed by atoms with Crippen molar-refractivity contribution in [1.29, 1.82) is 0 Å². The molecular weight excluding hydrogens is 286 g/mol. The number of carbonyl (C=O) groups excluding carboxylic acids is 1. The average Bonchev–Trinajstić information content (AvgIpc) is 2.49. The fourth-order valence-corrected chi connectivity index (χ4v) is 3.21. The van der Waals surface area contributed by atoms with E-state index in [1.807, 2.05) is 6.92 Å². The minimum absolute atomic E-state index is 0.137. The van der Waals surface area contributed by atoms with E-state index >= 15 is 0 Å². The van der Waals surface area contributed by atoms with Gasteiger partial charge in [-0.2, -0.15) is 0 Å². The number of hydrogen-bond acceptors (Lipinski definition) is 5. The summed E-state index contributed by atoms with van der Waals surface area (Å²) in [5.41, 5.74) is -0.884. The quantitative estimate of drug-likeness (QED) is 0.667. The monoisotopic (exact) mass is 309 g/mol. The predicted octanol–water partition coefficient (Wildman–Crippen LogP) is 1.08. The molecule has 1 aromatic rings. The normalized spacial score (nSPS) is 25.2. The maximum atomic E-state index is 12.6. The summed E-state index contributed by atoms with van der Waals surface area (Å²) in [5.74, 6) is -1.04. The van der Waals surface area contributed by atoms with Crippen molar-refractivity contribution in [2.75, 3.05) is 19.7 Å². The SMILES string of the molecule is CCC[C@@]1(CO)CN(C(=O)c2c(O)cccc2O)CC[C@H]1O. The number of phenolic OH excluding ortho intramolecular Hbond substituents is 2. The van der Waals surface area contributed by atoms with Gasteiger partial charge in [-0.25, -0.2) is 0 Å². The van der Waals surface area contributed by atoms with Crippen molar-refractivity contribution in [3.63, 3.8) is 0 Å². The number of amides is 1. The van der Waals surface area contributed by atoms with Crippen LogP contribution in [0.1, 0.15) is 36.5 Å². The predicted molar refractivity (Wildman–Crippen MR) is 80.7 cm³/mol. The van der Waals surface area contributed by atoms with Gasteiger partial charge >= 0.3 is 0 Å². The lowest BCUT2D eigenvalue weighted by molar-refractivity contribution is -0.0720. The van der Waals surface area contributed by atoms with Crippen LogP contribution in [0, 0.1) is 5.41 Å². The van der Waals surface area contributed by atoms with Crippen molar-refractivity contribution in [3.8, 4) is 11.5 Å². The van der Waals surface area contributed by atoms with E-state index in [-0.39, 0.29) is 30.2 Å². The molecule has 0 bridgehead atoms. The summed E-state index contributed by atoms with van der Waals surface area (Å²) in [6.45, 7) is 2.27. The van der Waals surface area contributed by atoms with Crippen molar-refractivity contribution in [1.82, 2.24) is 4.90 Å². The van der Waals surface area contributed by atoms with Gasteiger partial charge in [0.05, 0.1) is 12.7 Å². The summed E-state index contributed by atoms with van der Waals surface area (Å²) in [7, 11) is 0. The number of aromatic hydroxyl groups is 2. The second kappa shape index (κ2) is 6.54. The number of aliphatic hydroxyl groups is 2. The summed E-state index contributed by atoms with van der Waals surface area (Å²) >= 11 is 0. The Labute approximate surface area is 129 Å². The number of nitrogens with zero attached hydrogens (tertiary/aromatic N) is 1. The molecule has 122 valence electrons. The van der Waals surface area contributed by atoms with Crippen molar-refractivity contribution in [3.05, 3.63) is 23.8 Å². The van der Waals surface area contributed by atoms with Crippen LogP contribution in [0.2, 0.25) is 0 Å². The molecule has 0 aliphatic carbocycles. The molecule has 0 unspecified atom stereocenters. The molecule has 0 spiro atoms. The van der Waals surface area contributed by atoms with Crippen LogP contribution < -0.4 is 0 Å². The van der Waals surface area contributed by atoms with Crippen LogP contribution in [-0.2, 0) is 0 Å². The van der Waals surface area contributed by atoms with Crippen LogP contribution >= 0.6 is 0 Å². The van der Waals surface area contributed by atoms with Crippen LogP contribution in [0.25, 0.3) is 0 Å². The average molecular weight is 309 g/mol.